The predicted molar refractivity (Wildman–Crippen MR) is 73.7 cm³/mol. The van der Waals surface area contributed by atoms with E-state index in [0.717, 1.165) is 0 Å². The molecule has 0 aliphatic carbocycles. The number of carbonyl (C=O) groups is 1. The van der Waals surface area contributed by atoms with Gasteiger partial charge in [-0.25, -0.2) is 0 Å². The molecule has 19 heavy (non-hydrogen) atoms. The Kier molecular flexibility index (Phi) is 4.00. The lowest BCUT2D eigenvalue weighted by Crippen LogP contribution is -2.00. The first-order chi connectivity index (χ1) is 9.11. The van der Waals surface area contributed by atoms with Gasteiger partial charge in [0.2, 0.25) is 0 Å². The van der Waals surface area contributed by atoms with Crippen molar-refractivity contribution in [1.82, 2.24) is 9.78 Å². The van der Waals surface area contributed by atoms with Crippen molar-refractivity contribution in [3.63, 3.8) is 0 Å². The molecule has 0 atom stereocenters. The van der Waals surface area contributed by atoms with Crippen LogP contribution in [0.5, 0.6) is 11.5 Å². The van der Waals surface area contributed by atoms with Crippen molar-refractivity contribution in [2.45, 2.75) is 33.2 Å². The number of ether oxygens (including phenoxy) is 1. The lowest BCUT2D eigenvalue weighted by Gasteiger charge is -2.08. The average Bonchev–Trinajstić information content (AvgIpc) is 2.87. The highest BCUT2D eigenvalue weighted by Gasteiger charge is 2.12. The van der Waals surface area contributed by atoms with Gasteiger partial charge in [-0.2, -0.15) is 5.10 Å². The van der Waals surface area contributed by atoms with Crippen LogP contribution in [-0.2, 0) is 0 Å². The van der Waals surface area contributed by atoms with Gasteiger partial charge < -0.3 is 4.74 Å². The standard InChI is InChI=1S/C15H18N2O2/c1-4-14(18)13-7-5-6-8-15(13)19-12-9-16-17(10-12)11(2)3/h5-11H,4H2,1-3H3. The molecule has 0 N–H and O–H groups in total. The van der Waals surface area contributed by atoms with E-state index < -0.39 is 0 Å². The van der Waals surface area contributed by atoms with Crippen LogP contribution < -0.4 is 4.74 Å². The maximum absolute atomic E-state index is 11.8. The van der Waals surface area contributed by atoms with Gasteiger partial charge >= 0.3 is 0 Å². The first-order valence-electron chi connectivity index (χ1n) is 6.46. The van der Waals surface area contributed by atoms with E-state index in [4.69, 9.17) is 4.74 Å². The van der Waals surface area contributed by atoms with E-state index in [1.165, 1.54) is 0 Å². The van der Waals surface area contributed by atoms with Crippen LogP contribution in [0.15, 0.2) is 36.7 Å². The van der Waals surface area contributed by atoms with Gasteiger partial charge in [-0.1, -0.05) is 19.1 Å². The summed E-state index contributed by atoms with van der Waals surface area (Å²) in [5.41, 5.74) is 0.613. The SMILES string of the molecule is CCC(=O)c1ccccc1Oc1cnn(C(C)C)c1. The molecule has 0 aliphatic heterocycles. The Morgan fingerprint density at radius 2 is 2.11 bits per heavy atom. The molecule has 4 nitrogen and oxygen atoms in total. The summed E-state index contributed by atoms with van der Waals surface area (Å²) >= 11 is 0. The average molecular weight is 258 g/mol. The first kappa shape index (κ1) is 13.3. The quantitative estimate of drug-likeness (QED) is 0.765. The minimum absolute atomic E-state index is 0.0758. The fraction of sp³-hybridized carbons (Fsp3) is 0.333. The van der Waals surface area contributed by atoms with Gasteiger partial charge in [-0.15, -0.1) is 0 Å². The summed E-state index contributed by atoms with van der Waals surface area (Å²) in [6.07, 6.45) is 3.96. The summed E-state index contributed by atoms with van der Waals surface area (Å²) in [6.45, 7) is 5.94. The van der Waals surface area contributed by atoms with Crippen molar-refractivity contribution < 1.29 is 9.53 Å². The van der Waals surface area contributed by atoms with Gasteiger partial charge in [0, 0.05) is 12.5 Å². The van der Waals surface area contributed by atoms with Crippen LogP contribution in [0.1, 0.15) is 43.6 Å². The zero-order valence-electron chi connectivity index (χ0n) is 11.5. The van der Waals surface area contributed by atoms with Crippen molar-refractivity contribution in [3.8, 4) is 11.5 Å². The Bertz CT molecular complexity index is 573. The van der Waals surface area contributed by atoms with Gasteiger partial charge in [0.15, 0.2) is 11.5 Å². The summed E-state index contributed by atoms with van der Waals surface area (Å²) in [4.78, 5) is 11.8. The van der Waals surface area contributed by atoms with E-state index in [0.29, 0.717) is 23.5 Å². The number of hydrogen-bond donors (Lipinski definition) is 0. The molecule has 4 heteroatoms. The number of aromatic nitrogens is 2. The number of rotatable bonds is 5. The van der Waals surface area contributed by atoms with Crippen LogP contribution in [0.25, 0.3) is 0 Å². The van der Waals surface area contributed by atoms with Gasteiger partial charge in [0.1, 0.15) is 5.75 Å². The Morgan fingerprint density at radius 3 is 2.74 bits per heavy atom. The van der Waals surface area contributed by atoms with Crippen molar-refractivity contribution >= 4 is 5.78 Å². The Balaban J connectivity index is 2.25. The van der Waals surface area contributed by atoms with E-state index in [1.54, 1.807) is 18.3 Å². The van der Waals surface area contributed by atoms with E-state index in [-0.39, 0.29) is 11.8 Å². The molecule has 2 aromatic rings. The fourth-order valence-corrected chi connectivity index (χ4v) is 1.76. The first-order valence-corrected chi connectivity index (χ1v) is 6.46. The zero-order valence-corrected chi connectivity index (χ0v) is 11.5. The van der Waals surface area contributed by atoms with Crippen molar-refractivity contribution in [2.75, 3.05) is 0 Å². The van der Waals surface area contributed by atoms with Crippen LogP contribution in [0, 0.1) is 0 Å². The predicted octanol–water partition coefficient (Wildman–Crippen LogP) is 3.85. The van der Waals surface area contributed by atoms with E-state index in [1.807, 2.05) is 43.8 Å². The molecule has 0 saturated carbocycles. The van der Waals surface area contributed by atoms with Crippen LogP contribution in [0.4, 0.5) is 0 Å². The highest BCUT2D eigenvalue weighted by atomic mass is 16.5. The largest absolute Gasteiger partial charge is 0.453 e. The molecule has 0 radical (unpaired) electrons. The molecule has 2 rings (SSSR count). The Hall–Kier alpha value is -2.10. The lowest BCUT2D eigenvalue weighted by molar-refractivity contribution is 0.0986. The molecule has 1 aromatic heterocycles. The summed E-state index contributed by atoms with van der Waals surface area (Å²) in [6, 6.07) is 7.57. The van der Waals surface area contributed by atoms with Crippen LogP contribution in [-0.4, -0.2) is 15.6 Å². The molecule has 1 heterocycles. The molecular formula is C15H18N2O2. The second kappa shape index (κ2) is 5.69. The molecular weight excluding hydrogens is 240 g/mol. The maximum Gasteiger partial charge on any atom is 0.166 e. The lowest BCUT2D eigenvalue weighted by atomic mass is 10.1. The van der Waals surface area contributed by atoms with Crippen LogP contribution >= 0.6 is 0 Å². The summed E-state index contributed by atoms with van der Waals surface area (Å²) in [7, 11) is 0. The van der Waals surface area contributed by atoms with Crippen LogP contribution in [0.2, 0.25) is 0 Å². The fourth-order valence-electron chi connectivity index (χ4n) is 1.76. The van der Waals surface area contributed by atoms with Crippen molar-refractivity contribution in [2.24, 2.45) is 0 Å². The Morgan fingerprint density at radius 1 is 1.37 bits per heavy atom. The van der Waals surface area contributed by atoms with E-state index >= 15 is 0 Å². The molecule has 0 amide bonds. The number of para-hydroxylation sites is 1. The third-order valence-electron chi connectivity index (χ3n) is 2.84. The summed E-state index contributed by atoms with van der Waals surface area (Å²) in [5, 5.41) is 4.21. The van der Waals surface area contributed by atoms with Gasteiger partial charge in [0.25, 0.3) is 0 Å². The molecule has 0 saturated heterocycles. The number of Topliss-reactive ketones (excluding diaryl/α,β-unsaturated/α-hetero) is 1. The second-order valence-corrected chi connectivity index (χ2v) is 4.62. The molecule has 0 aliphatic rings. The third-order valence-corrected chi connectivity index (χ3v) is 2.84. The minimum Gasteiger partial charge on any atom is -0.453 e. The topological polar surface area (TPSA) is 44.1 Å². The molecule has 0 unspecified atom stereocenters. The molecule has 0 spiro atoms. The second-order valence-electron chi connectivity index (χ2n) is 4.62. The summed E-state index contributed by atoms with van der Waals surface area (Å²) in [5.74, 6) is 1.30. The zero-order chi connectivity index (χ0) is 13.8. The van der Waals surface area contributed by atoms with E-state index in [2.05, 4.69) is 5.10 Å². The number of hydrogen-bond acceptors (Lipinski definition) is 3. The van der Waals surface area contributed by atoms with Gasteiger partial charge in [0.05, 0.1) is 18.0 Å². The third kappa shape index (κ3) is 3.02. The minimum atomic E-state index is 0.0758. The smallest absolute Gasteiger partial charge is 0.166 e. The maximum atomic E-state index is 11.8. The monoisotopic (exact) mass is 258 g/mol. The summed E-state index contributed by atoms with van der Waals surface area (Å²) < 4.78 is 7.58. The highest BCUT2D eigenvalue weighted by molar-refractivity contribution is 5.98. The number of carbonyl (C=O) groups excluding carboxylic acids is 1. The number of benzene rings is 1. The molecule has 0 fully saturated rings. The van der Waals surface area contributed by atoms with Gasteiger partial charge in [-0.3, -0.25) is 9.48 Å². The van der Waals surface area contributed by atoms with E-state index in [9.17, 15) is 4.79 Å². The van der Waals surface area contributed by atoms with Crippen LogP contribution in [0.3, 0.4) is 0 Å². The molecule has 1 aromatic carbocycles. The number of nitrogens with zero attached hydrogens (tertiary/aromatic N) is 2. The van der Waals surface area contributed by atoms with Gasteiger partial charge in [-0.05, 0) is 26.0 Å². The Labute approximate surface area is 113 Å². The number of ketones is 1. The van der Waals surface area contributed by atoms with Crippen molar-refractivity contribution in [1.29, 1.82) is 0 Å². The van der Waals surface area contributed by atoms with Crippen molar-refractivity contribution in [3.05, 3.63) is 42.2 Å². The normalized spacial score (nSPS) is 10.7. The molecule has 100 valence electrons. The molecule has 0 bridgehead atoms. The highest BCUT2D eigenvalue weighted by Crippen LogP contribution is 2.26.